The molecule has 7 aliphatic rings. The van der Waals surface area contributed by atoms with E-state index in [1.165, 1.54) is 32.3 Å². The van der Waals surface area contributed by atoms with Gasteiger partial charge in [-0.2, -0.15) is 0 Å². The van der Waals surface area contributed by atoms with Gasteiger partial charge in [-0.25, -0.2) is 4.79 Å². The fourth-order valence-electron chi connectivity index (χ4n) is 15.8. The number of aromatic amines is 1. The Labute approximate surface area is 410 Å². The molecule has 1 saturated carbocycles. The molecule has 5 aliphatic heterocycles. The number of nitrogens with zero attached hydrogens (tertiary/aromatic N) is 3. The molecule has 2 saturated heterocycles. The maximum absolute atomic E-state index is 15.8. The van der Waals surface area contributed by atoms with Gasteiger partial charge in [-0.3, -0.25) is 19.3 Å². The third-order valence-electron chi connectivity index (χ3n) is 18.4. The largest absolute Gasteiger partial charge is 0.496 e. The average molecular weight is 954 g/mol. The lowest BCUT2D eigenvalue weighted by Gasteiger charge is -2.63. The van der Waals surface area contributed by atoms with Crippen LogP contribution in [0, 0.1) is 17.3 Å². The second-order valence-electron chi connectivity index (χ2n) is 21.6. The van der Waals surface area contributed by atoms with Crippen molar-refractivity contribution in [3.05, 3.63) is 106 Å². The first-order chi connectivity index (χ1) is 33.7. The first-order valence-corrected chi connectivity index (χ1v) is 25.3. The van der Waals surface area contributed by atoms with Crippen molar-refractivity contribution in [1.82, 2.24) is 20.1 Å². The molecular weight excluding hydrogens is 887 g/mol. The molecule has 2 aliphatic carbocycles. The highest BCUT2D eigenvalue weighted by Gasteiger charge is 2.80. The number of benzene rings is 3. The molecule has 1 amide bonds. The van der Waals surface area contributed by atoms with Crippen molar-refractivity contribution in [2.45, 2.75) is 112 Å². The van der Waals surface area contributed by atoms with Crippen molar-refractivity contribution in [2.24, 2.45) is 17.3 Å². The minimum absolute atomic E-state index is 0.0730. The molecule has 10 atom stereocenters. The number of aromatic nitrogens is 1. The first kappa shape index (κ1) is 46.7. The predicted molar refractivity (Wildman–Crippen MR) is 264 cm³/mol. The van der Waals surface area contributed by atoms with Crippen LogP contribution in [0.3, 0.4) is 0 Å². The number of amides is 1. The molecule has 4 aromatic rings. The van der Waals surface area contributed by atoms with Gasteiger partial charge in [0.1, 0.15) is 11.2 Å². The number of hydrogen-bond donors (Lipinski definition) is 3. The minimum Gasteiger partial charge on any atom is -0.496 e. The van der Waals surface area contributed by atoms with Crippen LogP contribution in [0.1, 0.15) is 86.4 Å². The fraction of sp³-hybridized carbons (Fsp3) is 0.536. The second-order valence-corrected chi connectivity index (χ2v) is 21.6. The molecular formula is C56H67N5O9. The molecule has 3 N–H and O–H groups in total. The van der Waals surface area contributed by atoms with Crippen LogP contribution in [0.15, 0.2) is 72.8 Å². The van der Waals surface area contributed by atoms with E-state index >= 15 is 4.79 Å². The van der Waals surface area contributed by atoms with Crippen molar-refractivity contribution in [2.75, 3.05) is 66.0 Å². The van der Waals surface area contributed by atoms with Gasteiger partial charge in [-0.15, -0.1) is 0 Å². The highest BCUT2D eigenvalue weighted by molar-refractivity contribution is 5.95. The maximum Gasteiger partial charge on any atom is 0.344 e. The Hall–Kier alpha value is -5.70. The quantitative estimate of drug-likeness (QED) is 0.110. The van der Waals surface area contributed by atoms with Crippen LogP contribution in [0.2, 0.25) is 0 Å². The summed E-state index contributed by atoms with van der Waals surface area (Å²) in [6, 6.07) is 19.4. The summed E-state index contributed by atoms with van der Waals surface area (Å²) in [6.45, 7) is 8.90. The van der Waals surface area contributed by atoms with E-state index in [0.717, 1.165) is 33.4 Å². The normalized spacial score (nSPS) is 33.9. The van der Waals surface area contributed by atoms with Crippen molar-refractivity contribution in [1.29, 1.82) is 0 Å². The first-order valence-electron chi connectivity index (χ1n) is 25.3. The van der Waals surface area contributed by atoms with E-state index in [2.05, 4.69) is 69.5 Å². The average Bonchev–Trinajstić information content (AvgIpc) is 4.15. The number of H-pyrrole nitrogens is 1. The van der Waals surface area contributed by atoms with Gasteiger partial charge in [0.05, 0.1) is 32.9 Å². The van der Waals surface area contributed by atoms with Gasteiger partial charge in [0, 0.05) is 96.9 Å². The van der Waals surface area contributed by atoms with Crippen molar-refractivity contribution in [3.8, 4) is 5.75 Å². The summed E-state index contributed by atoms with van der Waals surface area (Å²) < 4.78 is 24.3. The van der Waals surface area contributed by atoms with Crippen LogP contribution < -0.4 is 15.0 Å². The van der Waals surface area contributed by atoms with Crippen LogP contribution in [0.5, 0.6) is 5.75 Å². The number of carbonyl (C=O) groups excluding carboxylic acids is 4. The van der Waals surface area contributed by atoms with E-state index < -0.39 is 57.4 Å². The number of hydrogen-bond acceptors (Lipinski definition) is 12. The van der Waals surface area contributed by atoms with Gasteiger partial charge in [0.2, 0.25) is 11.5 Å². The number of likely N-dealkylation sites (N-methyl/N-ethyl adjacent to an activating group) is 1. The summed E-state index contributed by atoms with van der Waals surface area (Å²) in [5.74, 6) is -1.64. The summed E-state index contributed by atoms with van der Waals surface area (Å²) >= 11 is 0. The summed E-state index contributed by atoms with van der Waals surface area (Å²) in [5.41, 5.74) is 1.10. The molecule has 1 aromatic heterocycles. The molecule has 70 heavy (non-hydrogen) atoms. The number of ether oxygens (including phenoxy) is 4. The number of nitrogens with one attached hydrogen (secondary N) is 2. The molecule has 2 bridgehead atoms. The topological polar surface area (TPSA) is 163 Å². The third-order valence-corrected chi connectivity index (χ3v) is 18.4. The Morgan fingerprint density at radius 1 is 0.886 bits per heavy atom. The van der Waals surface area contributed by atoms with Crippen LogP contribution in [-0.2, 0) is 63.5 Å². The summed E-state index contributed by atoms with van der Waals surface area (Å²) in [5, 5.41) is 18.2. The van der Waals surface area contributed by atoms with E-state index in [4.69, 9.17) is 18.9 Å². The van der Waals surface area contributed by atoms with Gasteiger partial charge >= 0.3 is 17.9 Å². The highest BCUT2D eigenvalue weighted by atomic mass is 16.6. The third kappa shape index (κ3) is 6.33. The number of rotatable bonds is 9. The lowest BCUT2D eigenvalue weighted by molar-refractivity contribution is -0.228. The van der Waals surface area contributed by atoms with Crippen molar-refractivity contribution >= 4 is 40.4 Å². The molecule has 14 heteroatoms. The lowest BCUT2D eigenvalue weighted by atomic mass is 9.47. The second kappa shape index (κ2) is 16.7. The monoisotopic (exact) mass is 953 g/mol. The molecule has 6 heterocycles. The van der Waals surface area contributed by atoms with Crippen LogP contribution in [-0.4, -0.2) is 134 Å². The molecule has 3 aromatic carbocycles. The SMILES string of the molecule is CC[C@]1(NC(=O)C2Cc3ccccc3C2)C[C@H]2CN(CCc3c([nH]c4ccccc34)[C@@](C(=O)OC)(c3cc4c(cc3OC)N(C)[C@H]3[C@@](O)(C(=O)OC)[C@H](OC(C)=O)[C@]5(CC)C=CCN6CC[C@]43[C@@H]65)C2)C1. The predicted octanol–water partition coefficient (Wildman–Crippen LogP) is 5.53. The summed E-state index contributed by atoms with van der Waals surface area (Å²) in [7, 11) is 6.21. The number of methoxy groups -OCH3 is 3. The van der Waals surface area contributed by atoms with Crippen LogP contribution in [0.4, 0.5) is 5.69 Å². The van der Waals surface area contributed by atoms with Gasteiger partial charge in [0.15, 0.2) is 6.10 Å². The molecule has 1 spiro atoms. The van der Waals surface area contributed by atoms with Gasteiger partial charge in [-0.1, -0.05) is 68.5 Å². The van der Waals surface area contributed by atoms with Crippen LogP contribution >= 0.6 is 0 Å². The lowest BCUT2D eigenvalue weighted by Crippen LogP contribution is -2.81. The minimum atomic E-state index is -2.32. The number of fused-ring (bicyclic) bond motifs is 7. The maximum atomic E-state index is 15.8. The van der Waals surface area contributed by atoms with E-state index in [1.54, 1.807) is 7.11 Å². The zero-order chi connectivity index (χ0) is 49.1. The number of piperidine rings is 1. The van der Waals surface area contributed by atoms with Gasteiger partial charge < -0.3 is 44.2 Å². The van der Waals surface area contributed by atoms with Crippen molar-refractivity contribution < 1.29 is 43.2 Å². The zero-order valence-electron chi connectivity index (χ0n) is 41.6. The Kier molecular flexibility index (Phi) is 11.1. The molecule has 3 fully saturated rings. The number of anilines is 1. The molecule has 370 valence electrons. The standard InChI is InChI=1S/C56H67N5O9/c1-8-52(58-46(63)37-25-35-15-10-11-16-36(35)26-37)29-34-30-55(50(64)68-6,45-39(19-23-60(31-34)32-52)38-17-12-13-18-42(38)57-45)41-27-40-43(28-44(41)67-5)59(4)48-54(40)21-24-61-22-14-20-53(9-2,47(54)61)49(70-33(3)62)56(48,66)51(65)69-7/h10-18,20,27-28,34,37,47-49,57,66H,8-9,19,21-26,29-32H2,1-7H3,(H,58,63)/t34-,47+,48-,49-,52+,53-,54-,55+,56+/m1/s1. The number of para-hydroxylation sites is 1. The van der Waals surface area contributed by atoms with E-state index in [0.29, 0.717) is 95.4 Å². The van der Waals surface area contributed by atoms with Crippen molar-refractivity contribution in [3.63, 3.8) is 0 Å². The number of esters is 3. The Bertz CT molecular complexity index is 2820. The Morgan fingerprint density at radius 2 is 1.61 bits per heavy atom. The number of carbonyl (C=O) groups is 4. The zero-order valence-corrected chi connectivity index (χ0v) is 41.6. The highest BCUT2D eigenvalue weighted by Crippen LogP contribution is 2.68. The van der Waals surface area contributed by atoms with E-state index in [-0.39, 0.29) is 23.8 Å². The summed E-state index contributed by atoms with van der Waals surface area (Å²) in [4.78, 5) is 68.7. The smallest absolute Gasteiger partial charge is 0.344 e. The van der Waals surface area contributed by atoms with Crippen LogP contribution in [0.25, 0.3) is 10.9 Å². The van der Waals surface area contributed by atoms with Gasteiger partial charge in [-0.05, 0) is 98.2 Å². The molecule has 0 radical (unpaired) electrons. The molecule has 1 unspecified atom stereocenters. The van der Waals surface area contributed by atoms with E-state index in [9.17, 15) is 19.5 Å². The fourth-order valence-corrected chi connectivity index (χ4v) is 15.8. The Balaban J connectivity index is 1.12. The Morgan fingerprint density at radius 3 is 2.30 bits per heavy atom. The van der Waals surface area contributed by atoms with E-state index in [1.807, 2.05) is 49.2 Å². The molecule has 11 rings (SSSR count). The number of aliphatic hydroxyl groups is 1. The summed E-state index contributed by atoms with van der Waals surface area (Å²) in [6.07, 6.45) is 7.61. The molecule has 14 nitrogen and oxygen atoms in total. The van der Waals surface area contributed by atoms with Gasteiger partial charge in [0.25, 0.3) is 0 Å².